The molecule has 2 aliphatic rings. The molecular formula is C24H29N3O4. The van der Waals surface area contributed by atoms with Gasteiger partial charge in [0.1, 0.15) is 0 Å². The maximum Gasteiger partial charge on any atom is 0.254 e. The van der Waals surface area contributed by atoms with Gasteiger partial charge in [0.25, 0.3) is 5.91 Å². The monoisotopic (exact) mass is 423 g/mol. The van der Waals surface area contributed by atoms with E-state index in [1.54, 1.807) is 14.2 Å². The lowest BCUT2D eigenvalue weighted by molar-refractivity contribution is -0.124. The molecule has 0 bridgehead atoms. The van der Waals surface area contributed by atoms with Crippen molar-refractivity contribution < 1.29 is 19.1 Å². The van der Waals surface area contributed by atoms with Gasteiger partial charge in [-0.3, -0.25) is 9.59 Å². The highest BCUT2D eigenvalue weighted by atomic mass is 16.5. The molecule has 0 spiro atoms. The molecule has 4 rings (SSSR count). The number of hydrogen-bond donors (Lipinski definition) is 1. The van der Waals surface area contributed by atoms with Gasteiger partial charge in [-0.15, -0.1) is 0 Å². The lowest BCUT2D eigenvalue weighted by Crippen LogP contribution is -2.50. The number of hydrogen-bond acceptors (Lipinski definition) is 5. The van der Waals surface area contributed by atoms with Crippen molar-refractivity contribution in [3.8, 4) is 11.5 Å². The SMILES string of the molecule is COc1cc2c(cc1OC)[C@H]1[C@H](C(=O)NCCN(C)C)c3ccccc3C(=O)N1CC2. The Balaban J connectivity index is 1.81. The molecule has 2 amide bonds. The zero-order chi connectivity index (χ0) is 22.1. The number of methoxy groups -OCH3 is 2. The molecule has 2 heterocycles. The van der Waals surface area contributed by atoms with Crippen LogP contribution in [0.3, 0.4) is 0 Å². The fraction of sp³-hybridized carbons (Fsp3) is 0.417. The Morgan fingerprint density at radius 3 is 2.55 bits per heavy atom. The Bertz CT molecular complexity index is 1000. The summed E-state index contributed by atoms with van der Waals surface area (Å²) in [5.41, 5.74) is 3.41. The third-order valence-corrected chi connectivity index (χ3v) is 6.17. The normalized spacial score (nSPS) is 19.4. The quantitative estimate of drug-likeness (QED) is 0.772. The molecule has 2 aromatic carbocycles. The van der Waals surface area contributed by atoms with Crippen molar-refractivity contribution in [1.29, 1.82) is 0 Å². The van der Waals surface area contributed by atoms with Gasteiger partial charge < -0.3 is 24.6 Å². The Morgan fingerprint density at radius 2 is 1.84 bits per heavy atom. The van der Waals surface area contributed by atoms with Gasteiger partial charge in [0.05, 0.1) is 26.2 Å². The highest BCUT2D eigenvalue weighted by molar-refractivity contribution is 6.01. The van der Waals surface area contributed by atoms with Crippen LogP contribution < -0.4 is 14.8 Å². The minimum atomic E-state index is -0.492. The fourth-order valence-corrected chi connectivity index (χ4v) is 4.65. The summed E-state index contributed by atoms with van der Waals surface area (Å²) in [4.78, 5) is 30.7. The van der Waals surface area contributed by atoms with Crippen LogP contribution in [-0.4, -0.2) is 69.6 Å². The summed E-state index contributed by atoms with van der Waals surface area (Å²) < 4.78 is 11.0. The number of nitrogens with zero attached hydrogens (tertiary/aromatic N) is 2. The number of ether oxygens (including phenoxy) is 2. The predicted molar refractivity (Wildman–Crippen MR) is 118 cm³/mol. The van der Waals surface area contributed by atoms with Crippen LogP contribution in [0.1, 0.15) is 39.0 Å². The van der Waals surface area contributed by atoms with E-state index in [0.29, 0.717) is 36.6 Å². The smallest absolute Gasteiger partial charge is 0.254 e. The Labute approximate surface area is 182 Å². The Kier molecular flexibility index (Phi) is 5.87. The summed E-state index contributed by atoms with van der Waals surface area (Å²) in [5, 5.41) is 3.08. The Hall–Kier alpha value is -3.06. The number of benzene rings is 2. The third-order valence-electron chi connectivity index (χ3n) is 6.17. The van der Waals surface area contributed by atoms with E-state index in [0.717, 1.165) is 23.2 Å². The van der Waals surface area contributed by atoms with Gasteiger partial charge in [0.15, 0.2) is 11.5 Å². The second kappa shape index (κ2) is 8.59. The summed E-state index contributed by atoms with van der Waals surface area (Å²) in [7, 11) is 7.15. The molecule has 1 N–H and O–H groups in total. The lowest BCUT2D eigenvalue weighted by Gasteiger charge is -2.45. The van der Waals surface area contributed by atoms with Crippen molar-refractivity contribution in [2.24, 2.45) is 0 Å². The molecule has 0 radical (unpaired) electrons. The summed E-state index contributed by atoms with van der Waals surface area (Å²) in [5.74, 6) is 0.663. The number of amides is 2. The maximum atomic E-state index is 13.5. The molecule has 164 valence electrons. The van der Waals surface area contributed by atoms with Crippen LogP contribution in [0, 0.1) is 0 Å². The van der Waals surface area contributed by atoms with E-state index in [9.17, 15) is 9.59 Å². The molecule has 2 atom stereocenters. The second-order valence-electron chi connectivity index (χ2n) is 8.26. The number of carbonyl (C=O) groups is 2. The predicted octanol–water partition coefficient (Wildman–Crippen LogP) is 2.22. The van der Waals surface area contributed by atoms with Gasteiger partial charge in [-0.1, -0.05) is 18.2 Å². The van der Waals surface area contributed by atoms with Gasteiger partial charge >= 0.3 is 0 Å². The van der Waals surface area contributed by atoms with E-state index in [1.165, 1.54) is 0 Å². The largest absolute Gasteiger partial charge is 0.493 e. The zero-order valence-corrected chi connectivity index (χ0v) is 18.5. The minimum Gasteiger partial charge on any atom is -0.493 e. The van der Waals surface area contributed by atoms with Gasteiger partial charge in [-0.2, -0.15) is 0 Å². The lowest BCUT2D eigenvalue weighted by atomic mass is 9.75. The van der Waals surface area contributed by atoms with E-state index < -0.39 is 5.92 Å². The first-order valence-corrected chi connectivity index (χ1v) is 10.5. The molecule has 2 aliphatic heterocycles. The first-order valence-electron chi connectivity index (χ1n) is 10.5. The number of rotatable bonds is 6. The van der Waals surface area contributed by atoms with Crippen molar-refractivity contribution in [3.63, 3.8) is 0 Å². The van der Waals surface area contributed by atoms with Crippen LogP contribution in [-0.2, 0) is 11.2 Å². The highest BCUT2D eigenvalue weighted by Gasteiger charge is 2.46. The third kappa shape index (κ3) is 3.74. The zero-order valence-electron chi connectivity index (χ0n) is 18.5. The van der Waals surface area contributed by atoms with Gasteiger partial charge in [0, 0.05) is 25.2 Å². The molecule has 0 aliphatic carbocycles. The first kappa shape index (κ1) is 21.2. The van der Waals surface area contributed by atoms with Crippen molar-refractivity contribution in [1.82, 2.24) is 15.1 Å². The van der Waals surface area contributed by atoms with Crippen molar-refractivity contribution >= 4 is 11.8 Å². The highest BCUT2D eigenvalue weighted by Crippen LogP contribution is 2.48. The van der Waals surface area contributed by atoms with E-state index in [4.69, 9.17) is 9.47 Å². The molecule has 7 nitrogen and oxygen atoms in total. The van der Waals surface area contributed by atoms with Gasteiger partial charge in [-0.05, 0) is 55.4 Å². The number of carbonyl (C=O) groups excluding carboxylic acids is 2. The standard InChI is InChI=1S/C24H29N3O4/c1-26(2)12-10-25-23(28)21-16-7-5-6-8-17(16)24(29)27-11-9-15-13-19(30-3)20(31-4)14-18(15)22(21)27/h5-8,13-14,21-22H,9-12H2,1-4H3,(H,25,28)/t21-,22+/m1/s1. The van der Waals surface area contributed by atoms with E-state index in [-0.39, 0.29) is 17.9 Å². The van der Waals surface area contributed by atoms with Crippen molar-refractivity contribution in [3.05, 3.63) is 58.7 Å². The summed E-state index contributed by atoms with van der Waals surface area (Å²) in [6, 6.07) is 11.0. The molecule has 7 heteroatoms. The molecule has 0 unspecified atom stereocenters. The molecule has 2 aromatic rings. The molecule has 0 saturated carbocycles. The van der Waals surface area contributed by atoms with Gasteiger partial charge in [0.2, 0.25) is 5.91 Å². The number of nitrogens with one attached hydrogen (secondary N) is 1. The number of fused-ring (bicyclic) bond motifs is 4. The van der Waals surface area contributed by atoms with Crippen LogP contribution in [0.2, 0.25) is 0 Å². The summed E-state index contributed by atoms with van der Waals surface area (Å²) in [6.07, 6.45) is 0.703. The summed E-state index contributed by atoms with van der Waals surface area (Å²) in [6.45, 7) is 1.85. The van der Waals surface area contributed by atoms with Crippen LogP contribution >= 0.6 is 0 Å². The van der Waals surface area contributed by atoms with E-state index >= 15 is 0 Å². The van der Waals surface area contributed by atoms with E-state index in [1.807, 2.05) is 60.3 Å². The van der Waals surface area contributed by atoms with Crippen LogP contribution in [0.4, 0.5) is 0 Å². The Morgan fingerprint density at radius 1 is 1.13 bits per heavy atom. The number of likely N-dealkylation sites (N-methyl/N-ethyl adjacent to an activating group) is 1. The van der Waals surface area contributed by atoms with E-state index in [2.05, 4.69) is 5.32 Å². The molecule has 0 aromatic heterocycles. The molecule has 0 fully saturated rings. The van der Waals surface area contributed by atoms with Crippen molar-refractivity contribution in [2.45, 2.75) is 18.4 Å². The van der Waals surface area contributed by atoms with Crippen LogP contribution in [0.25, 0.3) is 0 Å². The average Bonchev–Trinajstić information content (AvgIpc) is 2.77. The topological polar surface area (TPSA) is 71.1 Å². The van der Waals surface area contributed by atoms with Crippen LogP contribution in [0.15, 0.2) is 36.4 Å². The van der Waals surface area contributed by atoms with Crippen LogP contribution in [0.5, 0.6) is 11.5 Å². The van der Waals surface area contributed by atoms with Crippen molar-refractivity contribution in [2.75, 3.05) is 47.9 Å². The fourth-order valence-electron chi connectivity index (χ4n) is 4.65. The summed E-state index contributed by atoms with van der Waals surface area (Å²) >= 11 is 0. The average molecular weight is 424 g/mol. The molecular weight excluding hydrogens is 394 g/mol. The van der Waals surface area contributed by atoms with Gasteiger partial charge in [-0.25, -0.2) is 0 Å². The minimum absolute atomic E-state index is 0.0293. The second-order valence-corrected chi connectivity index (χ2v) is 8.26. The molecule has 0 saturated heterocycles. The maximum absolute atomic E-state index is 13.5. The first-order chi connectivity index (χ1) is 15.0. The molecule has 31 heavy (non-hydrogen) atoms.